The van der Waals surface area contributed by atoms with Crippen molar-refractivity contribution in [1.82, 2.24) is 4.90 Å². The first kappa shape index (κ1) is 25.7. The first-order chi connectivity index (χ1) is 18.6. The molecule has 6 nitrogen and oxygen atoms in total. The third kappa shape index (κ3) is 6.29. The summed E-state index contributed by atoms with van der Waals surface area (Å²) in [5.41, 5.74) is 8.44. The lowest BCUT2D eigenvalue weighted by atomic mass is 9.98. The Kier molecular flexibility index (Phi) is 8.14. The van der Waals surface area contributed by atoms with Crippen LogP contribution in [0, 0.1) is 11.3 Å². The van der Waals surface area contributed by atoms with E-state index in [9.17, 15) is 4.79 Å². The predicted octanol–water partition coefficient (Wildman–Crippen LogP) is 6.97. The van der Waals surface area contributed by atoms with Gasteiger partial charge in [-0.3, -0.25) is 5.41 Å². The van der Waals surface area contributed by atoms with Gasteiger partial charge >= 0.3 is 6.09 Å². The Labute approximate surface area is 227 Å². The Hall–Kier alpha value is -3.97. The maximum atomic E-state index is 12.4. The van der Waals surface area contributed by atoms with Gasteiger partial charge in [-0.05, 0) is 59.4 Å². The molecule has 5 rings (SSSR count). The topological polar surface area (TPSA) is 88.6 Å². The SMILES string of the molecule is N=C(Sc1cccc2ccccc12)c1cc(OCC2CCN(C(=O)OCc3ccccc3)CC2)ccc1N. The van der Waals surface area contributed by atoms with Crippen molar-refractivity contribution in [2.75, 3.05) is 25.4 Å². The van der Waals surface area contributed by atoms with Gasteiger partial charge in [-0.15, -0.1) is 0 Å². The first-order valence-electron chi connectivity index (χ1n) is 12.8. The molecule has 7 heteroatoms. The Morgan fingerprint density at radius 3 is 2.50 bits per heavy atom. The molecule has 0 aliphatic carbocycles. The lowest BCUT2D eigenvalue weighted by molar-refractivity contribution is 0.0761. The smallest absolute Gasteiger partial charge is 0.410 e. The molecule has 4 aromatic carbocycles. The molecule has 4 aromatic rings. The Balaban J connectivity index is 1.13. The minimum Gasteiger partial charge on any atom is -0.493 e. The molecule has 1 heterocycles. The normalized spacial score (nSPS) is 13.8. The number of anilines is 1. The van der Waals surface area contributed by atoms with E-state index in [1.54, 1.807) is 11.0 Å². The molecule has 0 atom stereocenters. The molecule has 0 unspecified atom stereocenters. The minimum atomic E-state index is -0.265. The monoisotopic (exact) mass is 525 g/mol. The summed E-state index contributed by atoms with van der Waals surface area (Å²) < 4.78 is 11.6. The summed E-state index contributed by atoms with van der Waals surface area (Å²) in [6.07, 6.45) is 1.45. The zero-order chi connectivity index (χ0) is 26.3. The fourth-order valence-corrected chi connectivity index (χ4v) is 5.53. The van der Waals surface area contributed by atoms with Gasteiger partial charge in [0.25, 0.3) is 0 Å². The van der Waals surface area contributed by atoms with Gasteiger partial charge in [-0.25, -0.2) is 4.79 Å². The number of amides is 1. The summed E-state index contributed by atoms with van der Waals surface area (Å²) >= 11 is 1.40. The van der Waals surface area contributed by atoms with Crippen molar-refractivity contribution in [3.05, 3.63) is 102 Å². The highest BCUT2D eigenvalue weighted by molar-refractivity contribution is 8.14. The van der Waals surface area contributed by atoms with Crippen LogP contribution in [0.4, 0.5) is 10.5 Å². The van der Waals surface area contributed by atoms with Crippen LogP contribution in [-0.2, 0) is 11.3 Å². The van der Waals surface area contributed by atoms with Gasteiger partial charge in [0.15, 0.2) is 0 Å². The highest BCUT2D eigenvalue weighted by Crippen LogP contribution is 2.33. The summed E-state index contributed by atoms with van der Waals surface area (Å²) in [4.78, 5) is 15.2. The second-order valence-corrected chi connectivity index (χ2v) is 10.5. The van der Waals surface area contributed by atoms with Crippen LogP contribution in [0.5, 0.6) is 5.75 Å². The number of nitrogens with two attached hydrogens (primary N) is 1. The molecule has 0 saturated carbocycles. The van der Waals surface area contributed by atoms with Gasteiger partial charge in [0, 0.05) is 29.2 Å². The predicted molar refractivity (Wildman–Crippen MR) is 154 cm³/mol. The van der Waals surface area contributed by atoms with Crippen LogP contribution in [-0.4, -0.2) is 35.7 Å². The van der Waals surface area contributed by atoms with E-state index in [4.69, 9.17) is 20.6 Å². The van der Waals surface area contributed by atoms with E-state index in [0.29, 0.717) is 47.7 Å². The number of nitrogen functional groups attached to an aromatic ring is 1. The summed E-state index contributed by atoms with van der Waals surface area (Å²) in [5.74, 6) is 1.04. The summed E-state index contributed by atoms with van der Waals surface area (Å²) in [6.45, 7) is 2.15. The molecule has 1 saturated heterocycles. The van der Waals surface area contributed by atoms with Crippen LogP contribution in [0.2, 0.25) is 0 Å². The molecule has 1 aliphatic heterocycles. The molecule has 0 aromatic heterocycles. The fourth-order valence-electron chi connectivity index (χ4n) is 4.58. The van der Waals surface area contributed by atoms with Gasteiger partial charge < -0.3 is 20.1 Å². The van der Waals surface area contributed by atoms with Gasteiger partial charge in [0.2, 0.25) is 0 Å². The van der Waals surface area contributed by atoms with E-state index in [2.05, 4.69) is 18.2 Å². The van der Waals surface area contributed by atoms with Crippen molar-refractivity contribution in [1.29, 1.82) is 5.41 Å². The average molecular weight is 526 g/mol. The molecule has 3 N–H and O–H groups in total. The molecule has 38 heavy (non-hydrogen) atoms. The van der Waals surface area contributed by atoms with Crippen molar-refractivity contribution < 1.29 is 14.3 Å². The number of nitrogens with zero attached hydrogens (tertiary/aromatic N) is 1. The number of hydrogen-bond acceptors (Lipinski definition) is 6. The molecule has 1 fully saturated rings. The zero-order valence-corrected chi connectivity index (χ0v) is 22.0. The van der Waals surface area contributed by atoms with Crippen LogP contribution in [0.3, 0.4) is 0 Å². The van der Waals surface area contributed by atoms with Crippen LogP contribution in [0.1, 0.15) is 24.0 Å². The maximum Gasteiger partial charge on any atom is 0.410 e. The molecule has 0 spiro atoms. The number of benzene rings is 4. The molecular weight excluding hydrogens is 494 g/mol. The molecule has 0 radical (unpaired) electrons. The van der Waals surface area contributed by atoms with Gasteiger partial charge in [-0.1, -0.05) is 78.5 Å². The molecule has 1 aliphatic rings. The van der Waals surface area contributed by atoms with Crippen molar-refractivity contribution in [2.24, 2.45) is 5.92 Å². The summed E-state index contributed by atoms with van der Waals surface area (Å²) in [6, 6.07) is 29.5. The van der Waals surface area contributed by atoms with E-state index in [1.165, 1.54) is 11.8 Å². The highest BCUT2D eigenvalue weighted by Gasteiger charge is 2.24. The van der Waals surface area contributed by atoms with Gasteiger partial charge in [0.1, 0.15) is 17.4 Å². The zero-order valence-electron chi connectivity index (χ0n) is 21.1. The molecule has 194 valence electrons. The number of piperidine rings is 1. The van der Waals surface area contributed by atoms with E-state index in [1.807, 2.05) is 66.7 Å². The van der Waals surface area contributed by atoms with Crippen molar-refractivity contribution in [2.45, 2.75) is 24.3 Å². The third-order valence-corrected chi connectivity index (χ3v) is 7.79. The lowest BCUT2D eigenvalue weighted by Crippen LogP contribution is -2.39. The fraction of sp³-hybridized carbons (Fsp3) is 0.226. The molecule has 1 amide bonds. The molecular formula is C31H31N3O3S. The Morgan fingerprint density at radius 1 is 0.947 bits per heavy atom. The van der Waals surface area contributed by atoms with Crippen LogP contribution < -0.4 is 10.5 Å². The number of nitrogens with one attached hydrogen (secondary N) is 1. The standard InChI is InChI=1S/C31H31N3O3S/c32-28-14-13-25(19-27(28)30(33)38-29-12-6-10-24-9-4-5-11-26(24)29)36-20-23-15-17-34(18-16-23)31(35)37-21-22-7-2-1-3-8-22/h1-14,19,23,33H,15-18,20-21,32H2. The largest absolute Gasteiger partial charge is 0.493 e. The first-order valence-corrected chi connectivity index (χ1v) is 13.6. The number of likely N-dealkylation sites (tertiary alicyclic amines) is 1. The van der Waals surface area contributed by atoms with Crippen LogP contribution in [0.15, 0.2) is 95.9 Å². The average Bonchev–Trinajstić information content (AvgIpc) is 2.96. The minimum absolute atomic E-state index is 0.265. The number of fused-ring (bicyclic) bond motifs is 1. The van der Waals surface area contributed by atoms with Crippen LogP contribution in [0.25, 0.3) is 10.8 Å². The van der Waals surface area contributed by atoms with Crippen molar-refractivity contribution >= 4 is 39.4 Å². The van der Waals surface area contributed by atoms with E-state index in [-0.39, 0.29) is 12.7 Å². The summed E-state index contributed by atoms with van der Waals surface area (Å²) in [5, 5.41) is 11.4. The highest BCUT2D eigenvalue weighted by atomic mass is 32.2. The molecule has 0 bridgehead atoms. The third-order valence-electron chi connectivity index (χ3n) is 6.79. The number of rotatable bonds is 7. The maximum absolute atomic E-state index is 12.4. The second-order valence-electron chi connectivity index (χ2n) is 9.44. The van der Waals surface area contributed by atoms with E-state index < -0.39 is 0 Å². The Bertz CT molecular complexity index is 1410. The van der Waals surface area contributed by atoms with Crippen molar-refractivity contribution in [3.8, 4) is 5.75 Å². The number of hydrogen-bond donors (Lipinski definition) is 2. The van der Waals surface area contributed by atoms with E-state index >= 15 is 0 Å². The summed E-state index contributed by atoms with van der Waals surface area (Å²) in [7, 11) is 0. The number of carbonyl (C=O) groups excluding carboxylic acids is 1. The van der Waals surface area contributed by atoms with Gasteiger partial charge in [0.05, 0.1) is 6.61 Å². The number of carbonyl (C=O) groups is 1. The Morgan fingerprint density at radius 2 is 1.68 bits per heavy atom. The quantitative estimate of drug-likeness (QED) is 0.118. The van der Waals surface area contributed by atoms with Crippen molar-refractivity contribution in [3.63, 3.8) is 0 Å². The lowest BCUT2D eigenvalue weighted by Gasteiger charge is -2.31. The van der Waals surface area contributed by atoms with Gasteiger partial charge in [-0.2, -0.15) is 0 Å². The number of thioether (sulfide) groups is 1. The number of ether oxygens (including phenoxy) is 2. The van der Waals surface area contributed by atoms with E-state index in [0.717, 1.165) is 34.1 Å². The van der Waals surface area contributed by atoms with Crippen LogP contribution >= 0.6 is 11.8 Å². The second kappa shape index (κ2) is 12.0.